The van der Waals surface area contributed by atoms with Crippen molar-refractivity contribution in [1.29, 1.82) is 0 Å². The number of phenols is 1. The van der Waals surface area contributed by atoms with Gasteiger partial charge in [-0.2, -0.15) is 5.10 Å². The number of benzene rings is 1. The Hall–Kier alpha value is -1.88. The Balaban J connectivity index is 2.71. The molecule has 0 amide bonds. The van der Waals surface area contributed by atoms with Crippen LogP contribution in [0.3, 0.4) is 0 Å². The van der Waals surface area contributed by atoms with E-state index in [-0.39, 0.29) is 5.75 Å². The van der Waals surface area contributed by atoms with Gasteiger partial charge in [-0.1, -0.05) is 11.6 Å². The molecular formula is C11H12ClN3O2. The van der Waals surface area contributed by atoms with Crippen molar-refractivity contribution in [2.45, 2.75) is 6.92 Å². The summed E-state index contributed by atoms with van der Waals surface area (Å²) in [7, 11) is 1.46. The molecule has 0 aliphatic carbocycles. The molecule has 6 heteroatoms. The van der Waals surface area contributed by atoms with Crippen LogP contribution in [-0.2, 0) is 0 Å². The second kappa shape index (κ2) is 4.18. The lowest BCUT2D eigenvalue weighted by atomic mass is 10.0. The standard InChI is InChI=1S/C11H12ClN3O2/c1-5-6(12)3-8(17-2)11(16)10(5)7-4-9(13)15-14-7/h3-4,16H,1-2H3,(H3,13,14,15). The maximum absolute atomic E-state index is 10.1. The highest BCUT2D eigenvalue weighted by molar-refractivity contribution is 6.32. The second-order valence-corrected chi connectivity index (χ2v) is 4.02. The van der Waals surface area contributed by atoms with Gasteiger partial charge < -0.3 is 15.6 Å². The number of aromatic amines is 1. The first kappa shape index (κ1) is 11.6. The van der Waals surface area contributed by atoms with E-state index in [4.69, 9.17) is 22.1 Å². The Kier molecular flexibility index (Phi) is 2.85. The molecule has 0 aliphatic heterocycles. The topological polar surface area (TPSA) is 84.2 Å². The van der Waals surface area contributed by atoms with Gasteiger partial charge in [0.2, 0.25) is 0 Å². The number of anilines is 1. The van der Waals surface area contributed by atoms with Gasteiger partial charge in [0.1, 0.15) is 5.82 Å². The number of H-pyrrole nitrogens is 1. The monoisotopic (exact) mass is 253 g/mol. The average molecular weight is 254 g/mol. The molecule has 0 spiro atoms. The summed E-state index contributed by atoms with van der Waals surface area (Å²) in [5.74, 6) is 0.666. The van der Waals surface area contributed by atoms with Crippen molar-refractivity contribution < 1.29 is 9.84 Å². The van der Waals surface area contributed by atoms with Crippen LogP contribution in [0.4, 0.5) is 5.82 Å². The molecule has 1 heterocycles. The second-order valence-electron chi connectivity index (χ2n) is 3.62. The number of nitrogens with two attached hydrogens (primary N) is 1. The lowest BCUT2D eigenvalue weighted by Crippen LogP contribution is -1.91. The van der Waals surface area contributed by atoms with Gasteiger partial charge in [-0.25, -0.2) is 0 Å². The summed E-state index contributed by atoms with van der Waals surface area (Å²) < 4.78 is 5.05. The normalized spacial score (nSPS) is 10.5. The third-order valence-corrected chi connectivity index (χ3v) is 2.94. The van der Waals surface area contributed by atoms with Gasteiger partial charge >= 0.3 is 0 Å². The predicted molar refractivity (Wildman–Crippen MR) is 66.4 cm³/mol. The number of hydrogen-bond acceptors (Lipinski definition) is 4. The van der Waals surface area contributed by atoms with Gasteiger partial charge in [0.05, 0.1) is 12.8 Å². The summed E-state index contributed by atoms with van der Waals surface area (Å²) in [5.41, 5.74) is 7.40. The van der Waals surface area contributed by atoms with E-state index < -0.39 is 0 Å². The number of aromatic hydroxyl groups is 1. The summed E-state index contributed by atoms with van der Waals surface area (Å²) in [4.78, 5) is 0. The molecule has 0 unspecified atom stereocenters. The van der Waals surface area contributed by atoms with Crippen molar-refractivity contribution in [3.63, 3.8) is 0 Å². The van der Waals surface area contributed by atoms with Crippen molar-refractivity contribution in [3.05, 3.63) is 22.7 Å². The zero-order chi connectivity index (χ0) is 12.6. The number of nitrogens with zero attached hydrogens (tertiary/aromatic N) is 1. The number of hydrogen-bond donors (Lipinski definition) is 3. The molecule has 90 valence electrons. The van der Waals surface area contributed by atoms with Gasteiger partial charge in [-0.3, -0.25) is 5.10 Å². The molecule has 0 aliphatic rings. The van der Waals surface area contributed by atoms with Crippen LogP contribution in [0.25, 0.3) is 11.3 Å². The molecule has 0 bridgehead atoms. The minimum atomic E-state index is 0.0121. The SMILES string of the molecule is COc1cc(Cl)c(C)c(-c2cc(N)n[nH]2)c1O. The summed E-state index contributed by atoms with van der Waals surface area (Å²) >= 11 is 6.07. The van der Waals surface area contributed by atoms with Crippen LogP contribution in [0, 0.1) is 6.92 Å². The fraction of sp³-hybridized carbons (Fsp3) is 0.182. The van der Waals surface area contributed by atoms with Gasteiger partial charge in [-0.15, -0.1) is 0 Å². The van der Waals surface area contributed by atoms with Gasteiger partial charge in [0, 0.05) is 22.7 Å². The van der Waals surface area contributed by atoms with Crippen LogP contribution in [0.5, 0.6) is 11.5 Å². The zero-order valence-corrected chi connectivity index (χ0v) is 10.2. The molecule has 0 saturated carbocycles. The lowest BCUT2D eigenvalue weighted by molar-refractivity contribution is 0.374. The molecule has 0 radical (unpaired) electrons. The molecule has 1 aromatic carbocycles. The van der Waals surface area contributed by atoms with E-state index >= 15 is 0 Å². The summed E-state index contributed by atoms with van der Waals surface area (Å²) in [6, 6.07) is 3.19. The van der Waals surface area contributed by atoms with E-state index in [1.54, 1.807) is 19.1 Å². The molecular weight excluding hydrogens is 242 g/mol. The molecule has 4 N–H and O–H groups in total. The molecule has 2 aromatic rings. The smallest absolute Gasteiger partial charge is 0.167 e. The fourth-order valence-electron chi connectivity index (χ4n) is 1.66. The number of rotatable bonds is 2. The minimum absolute atomic E-state index is 0.0121. The molecule has 2 rings (SSSR count). The van der Waals surface area contributed by atoms with Crippen LogP contribution >= 0.6 is 11.6 Å². The van der Waals surface area contributed by atoms with Crippen LogP contribution < -0.4 is 10.5 Å². The Morgan fingerprint density at radius 2 is 2.18 bits per heavy atom. The quantitative estimate of drug-likeness (QED) is 0.767. The van der Waals surface area contributed by atoms with E-state index in [1.807, 2.05) is 0 Å². The van der Waals surface area contributed by atoms with Gasteiger partial charge in [0.25, 0.3) is 0 Å². The van der Waals surface area contributed by atoms with Crippen molar-refractivity contribution in [3.8, 4) is 22.8 Å². The third kappa shape index (κ3) is 1.89. The van der Waals surface area contributed by atoms with Crippen molar-refractivity contribution in [2.24, 2.45) is 0 Å². The summed E-state index contributed by atoms with van der Waals surface area (Å²) in [5, 5.41) is 17.1. The average Bonchev–Trinajstić information content (AvgIpc) is 2.70. The first-order valence-corrected chi connectivity index (χ1v) is 5.29. The highest BCUT2D eigenvalue weighted by Gasteiger charge is 2.17. The molecule has 17 heavy (non-hydrogen) atoms. The third-order valence-electron chi connectivity index (χ3n) is 2.55. The first-order chi connectivity index (χ1) is 8.04. The Morgan fingerprint density at radius 1 is 1.47 bits per heavy atom. The fourth-order valence-corrected chi connectivity index (χ4v) is 1.86. The highest BCUT2D eigenvalue weighted by atomic mass is 35.5. The number of nitrogen functional groups attached to an aromatic ring is 1. The number of halogens is 1. The number of aromatic nitrogens is 2. The predicted octanol–water partition coefficient (Wildman–Crippen LogP) is 2.33. The number of phenolic OH excluding ortho intramolecular Hbond substituents is 1. The Morgan fingerprint density at radius 3 is 2.71 bits per heavy atom. The van der Waals surface area contributed by atoms with Crippen LogP contribution in [0.2, 0.25) is 5.02 Å². The lowest BCUT2D eigenvalue weighted by Gasteiger charge is -2.12. The summed E-state index contributed by atoms with van der Waals surface area (Å²) in [6.45, 7) is 1.80. The highest BCUT2D eigenvalue weighted by Crippen LogP contribution is 2.42. The Bertz CT molecular complexity index is 566. The van der Waals surface area contributed by atoms with Gasteiger partial charge in [-0.05, 0) is 12.5 Å². The maximum Gasteiger partial charge on any atom is 0.167 e. The first-order valence-electron chi connectivity index (χ1n) is 4.92. The van der Waals surface area contributed by atoms with E-state index in [9.17, 15) is 5.11 Å². The van der Waals surface area contributed by atoms with E-state index in [2.05, 4.69) is 10.2 Å². The van der Waals surface area contributed by atoms with Crippen LogP contribution in [0.15, 0.2) is 12.1 Å². The molecule has 1 aromatic heterocycles. The number of ether oxygens (including phenoxy) is 1. The molecule has 0 atom stereocenters. The van der Waals surface area contributed by atoms with E-state index in [0.717, 1.165) is 5.56 Å². The Labute approximate surface area is 103 Å². The van der Waals surface area contributed by atoms with Crippen molar-refractivity contribution in [1.82, 2.24) is 10.2 Å². The largest absolute Gasteiger partial charge is 0.504 e. The molecule has 5 nitrogen and oxygen atoms in total. The van der Waals surface area contributed by atoms with Gasteiger partial charge in [0.15, 0.2) is 11.5 Å². The number of nitrogens with one attached hydrogen (secondary N) is 1. The maximum atomic E-state index is 10.1. The van der Waals surface area contributed by atoms with E-state index in [0.29, 0.717) is 27.8 Å². The van der Waals surface area contributed by atoms with Crippen LogP contribution in [0.1, 0.15) is 5.56 Å². The van der Waals surface area contributed by atoms with Crippen LogP contribution in [-0.4, -0.2) is 22.4 Å². The molecule has 0 fully saturated rings. The number of methoxy groups -OCH3 is 1. The van der Waals surface area contributed by atoms with Crippen molar-refractivity contribution in [2.75, 3.05) is 12.8 Å². The van der Waals surface area contributed by atoms with E-state index in [1.165, 1.54) is 7.11 Å². The zero-order valence-electron chi connectivity index (χ0n) is 9.41. The minimum Gasteiger partial charge on any atom is -0.504 e. The molecule has 0 saturated heterocycles. The summed E-state index contributed by atoms with van der Waals surface area (Å²) in [6.07, 6.45) is 0. The van der Waals surface area contributed by atoms with Crippen molar-refractivity contribution >= 4 is 17.4 Å².